The number of methoxy groups -OCH3 is 1. The van der Waals surface area contributed by atoms with E-state index in [4.69, 9.17) is 35.0 Å². The van der Waals surface area contributed by atoms with Gasteiger partial charge in [0.1, 0.15) is 11.9 Å². The van der Waals surface area contributed by atoms with Crippen molar-refractivity contribution in [2.75, 3.05) is 12.8 Å². The lowest BCUT2D eigenvalue weighted by molar-refractivity contribution is -0.204. The summed E-state index contributed by atoms with van der Waals surface area (Å²) in [6.07, 6.45) is -1.78. The van der Waals surface area contributed by atoms with E-state index in [1.807, 2.05) is 0 Å². The first kappa shape index (κ1) is 30.0. The van der Waals surface area contributed by atoms with Crippen LogP contribution >= 0.6 is 12.9 Å². The van der Waals surface area contributed by atoms with Gasteiger partial charge in [0.05, 0.1) is 19.4 Å². The largest absolute Gasteiger partial charge is 0.481 e. The van der Waals surface area contributed by atoms with Crippen molar-refractivity contribution >= 4 is 42.5 Å². The van der Waals surface area contributed by atoms with Crippen molar-refractivity contribution < 1.29 is 52.5 Å². The smallest absolute Gasteiger partial charge is 0.335 e. The number of esters is 2. The van der Waals surface area contributed by atoms with E-state index in [1.54, 1.807) is 18.2 Å². The Balaban J connectivity index is 0.000000968. The van der Waals surface area contributed by atoms with Crippen LogP contribution in [-0.2, 0) is 44.2 Å². The number of aliphatic hydroxyl groups is 1. The first-order chi connectivity index (χ1) is 15.4. The number of carbonyl (C=O) groups is 4. The molecule has 2 rings (SSSR count). The number of hydrogen-bond acceptors (Lipinski definition) is 12. The second kappa shape index (κ2) is 15.7. The Hall–Kier alpha value is -3.03. The fourth-order valence-electron chi connectivity index (χ4n) is 2.48. The molecule has 0 spiro atoms. The number of nitrogen functional groups attached to an aromatic ring is 1. The van der Waals surface area contributed by atoms with Crippen LogP contribution in [0.15, 0.2) is 18.2 Å². The van der Waals surface area contributed by atoms with E-state index in [-0.39, 0.29) is 25.4 Å². The summed E-state index contributed by atoms with van der Waals surface area (Å²) in [5, 5.41) is 16.5. The third kappa shape index (κ3) is 13.2. The first-order valence-corrected chi connectivity index (χ1v) is 9.87. The number of carboxylic acids is 1. The van der Waals surface area contributed by atoms with Gasteiger partial charge in [-0.25, -0.2) is 4.79 Å². The number of hydrogen-bond donors (Lipinski definition) is 4. The van der Waals surface area contributed by atoms with Crippen molar-refractivity contribution in [1.29, 1.82) is 0 Å². The van der Waals surface area contributed by atoms with Crippen molar-refractivity contribution in [1.82, 2.24) is 0 Å². The number of anilines is 1. The van der Waals surface area contributed by atoms with Crippen molar-refractivity contribution in [2.45, 2.75) is 58.7 Å². The van der Waals surface area contributed by atoms with Gasteiger partial charge in [0.15, 0.2) is 6.10 Å². The van der Waals surface area contributed by atoms with Gasteiger partial charge in [0.2, 0.25) is 6.29 Å². The molecule has 1 heterocycles. The van der Waals surface area contributed by atoms with Gasteiger partial charge in [-0.15, -0.1) is 0 Å². The maximum Gasteiger partial charge on any atom is 0.335 e. The minimum atomic E-state index is -0.893. The molecule has 0 aliphatic carbocycles. The summed E-state index contributed by atoms with van der Waals surface area (Å²) in [5.74, 6) is -1.88. The van der Waals surface area contributed by atoms with Crippen molar-refractivity contribution in [3.05, 3.63) is 23.8 Å². The molecule has 1 fully saturated rings. The molecule has 0 radical (unpaired) electrons. The molecular formula is C20H29NO11S. The molecule has 1 aliphatic heterocycles. The van der Waals surface area contributed by atoms with Gasteiger partial charge in [-0.3, -0.25) is 14.4 Å². The summed E-state index contributed by atoms with van der Waals surface area (Å²) in [7, 11) is 1.25. The molecule has 33 heavy (non-hydrogen) atoms. The predicted molar refractivity (Wildman–Crippen MR) is 117 cm³/mol. The molecule has 13 heteroatoms. The summed E-state index contributed by atoms with van der Waals surface area (Å²) in [5.41, 5.74) is 6.86. The van der Waals surface area contributed by atoms with Crippen molar-refractivity contribution in [3.63, 3.8) is 0 Å². The van der Waals surface area contributed by atoms with Crippen LogP contribution in [0, 0.1) is 0 Å². The van der Waals surface area contributed by atoms with E-state index in [0.29, 0.717) is 17.0 Å². The molecular weight excluding hydrogens is 462 g/mol. The Kier molecular flexibility index (Phi) is 14.3. The minimum absolute atomic E-state index is 0.136. The fraction of sp³-hybridized carbons (Fsp3) is 0.500. The second-order valence-electron chi connectivity index (χ2n) is 6.53. The Morgan fingerprint density at radius 2 is 1.73 bits per heavy atom. The van der Waals surface area contributed by atoms with Crippen LogP contribution in [0.2, 0.25) is 0 Å². The molecule has 1 aromatic carbocycles. The van der Waals surface area contributed by atoms with Gasteiger partial charge in [-0.05, 0) is 17.7 Å². The van der Waals surface area contributed by atoms with Crippen molar-refractivity contribution in [2.24, 2.45) is 0 Å². The molecule has 3 atom stereocenters. The number of carbonyl (C=O) groups excluding carboxylic acids is 3. The highest BCUT2D eigenvalue weighted by Gasteiger charge is 2.37. The maximum absolute atomic E-state index is 11.8. The van der Waals surface area contributed by atoms with Crippen LogP contribution in [0.1, 0.15) is 39.2 Å². The average molecular weight is 492 g/mol. The van der Waals surface area contributed by atoms with Gasteiger partial charge in [-0.1, -0.05) is 6.07 Å². The fourth-order valence-corrected chi connectivity index (χ4v) is 2.48. The molecule has 12 nitrogen and oxygen atoms in total. The third-order valence-electron chi connectivity index (χ3n) is 3.69. The standard InChI is InChI=1S/C16H21NO7.C2H4O2S.C2H4O2/c1-9(19)22-11-6-14(16(20)21-2)24-15(7-11)23-13-4-3-10(8-18)5-12(13)17;1-2(3)4-5;1-2(3)4/h3-5,11,14-15,18H,6-8,17H2,1-2H3;5H,1H3;1H3,(H,3,4). The minimum Gasteiger partial charge on any atom is -0.481 e. The summed E-state index contributed by atoms with van der Waals surface area (Å²) in [6.45, 7) is 3.53. The van der Waals surface area contributed by atoms with Gasteiger partial charge in [-0.2, -0.15) is 0 Å². The summed E-state index contributed by atoms with van der Waals surface area (Å²) in [6, 6.07) is 4.85. The highest BCUT2D eigenvalue weighted by molar-refractivity contribution is 7.75. The number of ether oxygens (including phenoxy) is 4. The zero-order valence-electron chi connectivity index (χ0n) is 18.7. The van der Waals surface area contributed by atoms with E-state index in [9.17, 15) is 14.4 Å². The van der Waals surface area contributed by atoms with Crippen LogP contribution < -0.4 is 10.5 Å². The lowest BCUT2D eigenvalue weighted by atomic mass is 10.0. The number of aliphatic hydroxyl groups excluding tert-OH is 1. The molecule has 1 aromatic rings. The third-order valence-corrected chi connectivity index (χ3v) is 3.95. The Labute approximate surface area is 196 Å². The Morgan fingerprint density at radius 1 is 1.15 bits per heavy atom. The van der Waals surface area contributed by atoms with Crippen molar-refractivity contribution in [3.8, 4) is 5.75 Å². The van der Waals surface area contributed by atoms with Crippen LogP contribution in [0.4, 0.5) is 5.69 Å². The molecule has 0 amide bonds. The zero-order chi connectivity index (χ0) is 25.6. The molecule has 0 bridgehead atoms. The van der Waals surface area contributed by atoms with Gasteiger partial charge in [0, 0.05) is 46.5 Å². The average Bonchev–Trinajstić information content (AvgIpc) is 2.73. The SMILES string of the molecule is CC(=O)O.CC(=O)OS.COC(=O)C1CC(OC(C)=O)CC(Oc2ccc(CO)cc2N)O1. The molecule has 186 valence electrons. The number of thiol groups is 1. The van der Waals surface area contributed by atoms with E-state index < -0.39 is 36.4 Å². The maximum atomic E-state index is 11.8. The predicted octanol–water partition coefficient (Wildman–Crippen LogP) is 1.23. The van der Waals surface area contributed by atoms with E-state index in [1.165, 1.54) is 21.0 Å². The number of aliphatic carboxylic acids is 1. The van der Waals surface area contributed by atoms with Crippen LogP contribution in [0.5, 0.6) is 5.75 Å². The monoisotopic (exact) mass is 491 g/mol. The molecule has 1 aliphatic rings. The highest BCUT2D eigenvalue weighted by atomic mass is 32.1. The zero-order valence-corrected chi connectivity index (χ0v) is 19.6. The number of rotatable bonds is 5. The molecule has 1 saturated heterocycles. The van der Waals surface area contributed by atoms with E-state index in [2.05, 4.69) is 21.8 Å². The number of nitrogens with two attached hydrogens (primary N) is 1. The summed E-state index contributed by atoms with van der Waals surface area (Å²) >= 11 is 3.17. The normalized spacial score (nSPS) is 18.8. The van der Waals surface area contributed by atoms with Crippen LogP contribution in [-0.4, -0.2) is 59.7 Å². The van der Waals surface area contributed by atoms with Gasteiger partial charge >= 0.3 is 17.9 Å². The first-order valence-electron chi connectivity index (χ1n) is 9.51. The number of carboxylic acid groups (broad SMARTS) is 1. The lowest BCUT2D eigenvalue weighted by Gasteiger charge is -2.33. The van der Waals surface area contributed by atoms with E-state index in [0.717, 1.165) is 6.92 Å². The summed E-state index contributed by atoms with van der Waals surface area (Å²) in [4.78, 5) is 41.4. The van der Waals surface area contributed by atoms with Crippen LogP contribution in [0.25, 0.3) is 0 Å². The Morgan fingerprint density at radius 3 is 2.15 bits per heavy atom. The van der Waals surface area contributed by atoms with E-state index >= 15 is 0 Å². The topological polar surface area (TPSA) is 181 Å². The molecule has 0 saturated carbocycles. The van der Waals surface area contributed by atoms with Gasteiger partial charge < -0.3 is 39.1 Å². The Bertz CT molecular complexity index is 798. The van der Waals surface area contributed by atoms with Crippen LogP contribution in [0.3, 0.4) is 0 Å². The summed E-state index contributed by atoms with van der Waals surface area (Å²) < 4.78 is 24.9. The molecule has 0 aromatic heterocycles. The number of benzene rings is 1. The quantitative estimate of drug-likeness (QED) is 0.152. The molecule has 4 N–H and O–H groups in total. The highest BCUT2D eigenvalue weighted by Crippen LogP contribution is 2.29. The molecule has 3 unspecified atom stereocenters. The van der Waals surface area contributed by atoms with Gasteiger partial charge in [0.25, 0.3) is 5.97 Å². The second-order valence-corrected chi connectivity index (χ2v) is 6.71. The lowest BCUT2D eigenvalue weighted by Crippen LogP contribution is -2.44.